The highest BCUT2D eigenvalue weighted by Gasteiger charge is 2.15. The molecule has 1 heterocycles. The van der Waals surface area contributed by atoms with Crippen molar-refractivity contribution in [1.29, 1.82) is 0 Å². The number of halogens is 1. The van der Waals surface area contributed by atoms with Crippen LogP contribution < -0.4 is 11.1 Å². The smallest absolute Gasteiger partial charge is 0.251 e. The van der Waals surface area contributed by atoms with Crippen LogP contribution in [0.1, 0.15) is 42.5 Å². The van der Waals surface area contributed by atoms with Gasteiger partial charge in [0.15, 0.2) is 0 Å². The summed E-state index contributed by atoms with van der Waals surface area (Å²) in [5.41, 5.74) is 6.04. The molecule has 98 valence electrons. The van der Waals surface area contributed by atoms with E-state index in [4.69, 9.17) is 17.3 Å². The van der Waals surface area contributed by atoms with Crippen LogP contribution in [0.2, 0.25) is 5.15 Å². The standard InChI is InChI=1S/C13H18ClN3O/c14-11-6-10(7-12(15)17-11)13(18)16-8-9-4-2-1-3-5-9/h6-7,9H,1-5,8H2,(H2,15,17)(H,16,18). The van der Waals surface area contributed by atoms with Crippen LogP contribution in [-0.4, -0.2) is 17.4 Å². The molecule has 0 atom stereocenters. The molecule has 5 heteroatoms. The summed E-state index contributed by atoms with van der Waals surface area (Å²) in [6.45, 7) is 0.735. The van der Waals surface area contributed by atoms with E-state index in [0.717, 1.165) is 6.54 Å². The average molecular weight is 268 g/mol. The lowest BCUT2D eigenvalue weighted by atomic mass is 9.89. The highest BCUT2D eigenvalue weighted by molar-refractivity contribution is 6.29. The quantitative estimate of drug-likeness (QED) is 0.828. The lowest BCUT2D eigenvalue weighted by molar-refractivity contribution is 0.0943. The molecule has 1 aliphatic carbocycles. The van der Waals surface area contributed by atoms with Gasteiger partial charge in [-0.1, -0.05) is 30.9 Å². The van der Waals surface area contributed by atoms with Crippen molar-refractivity contribution in [2.45, 2.75) is 32.1 Å². The minimum atomic E-state index is -0.128. The number of amides is 1. The van der Waals surface area contributed by atoms with E-state index in [-0.39, 0.29) is 16.9 Å². The van der Waals surface area contributed by atoms with E-state index in [1.165, 1.54) is 38.2 Å². The Balaban J connectivity index is 1.90. The van der Waals surface area contributed by atoms with Gasteiger partial charge in [0.1, 0.15) is 11.0 Å². The molecule has 0 bridgehead atoms. The zero-order chi connectivity index (χ0) is 13.0. The zero-order valence-electron chi connectivity index (χ0n) is 10.3. The van der Waals surface area contributed by atoms with Crippen LogP contribution in [0, 0.1) is 5.92 Å². The summed E-state index contributed by atoms with van der Waals surface area (Å²) in [7, 11) is 0. The number of nitrogens with two attached hydrogens (primary N) is 1. The second-order valence-corrected chi connectivity index (χ2v) is 5.20. The molecule has 1 aliphatic rings. The number of nitrogens with one attached hydrogen (secondary N) is 1. The molecule has 0 saturated heterocycles. The van der Waals surface area contributed by atoms with Gasteiger partial charge in [0, 0.05) is 12.1 Å². The Morgan fingerprint density at radius 3 is 2.78 bits per heavy atom. The van der Waals surface area contributed by atoms with E-state index >= 15 is 0 Å². The number of hydrogen-bond donors (Lipinski definition) is 2. The number of nitrogens with zero attached hydrogens (tertiary/aromatic N) is 1. The van der Waals surface area contributed by atoms with Crippen LogP contribution in [0.4, 0.5) is 5.82 Å². The molecule has 1 amide bonds. The number of hydrogen-bond acceptors (Lipinski definition) is 3. The first-order valence-corrected chi connectivity index (χ1v) is 6.74. The van der Waals surface area contributed by atoms with Crippen molar-refractivity contribution in [2.75, 3.05) is 12.3 Å². The zero-order valence-corrected chi connectivity index (χ0v) is 11.0. The van der Waals surface area contributed by atoms with Crippen molar-refractivity contribution in [3.05, 3.63) is 22.8 Å². The molecule has 1 aromatic heterocycles. The summed E-state index contributed by atoms with van der Waals surface area (Å²) in [4.78, 5) is 15.8. The first-order chi connectivity index (χ1) is 8.65. The first kappa shape index (κ1) is 13.1. The van der Waals surface area contributed by atoms with Gasteiger partial charge < -0.3 is 11.1 Å². The molecule has 0 aromatic carbocycles. The molecule has 3 N–H and O–H groups in total. The Morgan fingerprint density at radius 2 is 2.11 bits per heavy atom. The lowest BCUT2D eigenvalue weighted by Gasteiger charge is -2.21. The van der Waals surface area contributed by atoms with Gasteiger partial charge in [0.2, 0.25) is 0 Å². The Labute approximate surface area is 112 Å². The number of rotatable bonds is 3. The Kier molecular flexibility index (Phi) is 4.42. The summed E-state index contributed by atoms with van der Waals surface area (Å²) < 4.78 is 0. The number of nitrogen functional groups attached to an aromatic ring is 1. The van der Waals surface area contributed by atoms with Gasteiger partial charge in [0.25, 0.3) is 5.91 Å². The SMILES string of the molecule is Nc1cc(C(=O)NCC2CCCCC2)cc(Cl)n1. The fourth-order valence-electron chi connectivity index (χ4n) is 2.38. The average Bonchev–Trinajstić information content (AvgIpc) is 2.36. The van der Waals surface area contributed by atoms with Crippen molar-refractivity contribution in [3.8, 4) is 0 Å². The van der Waals surface area contributed by atoms with Gasteiger partial charge in [-0.3, -0.25) is 4.79 Å². The van der Waals surface area contributed by atoms with Gasteiger partial charge >= 0.3 is 0 Å². The van der Waals surface area contributed by atoms with Gasteiger partial charge in [0.05, 0.1) is 0 Å². The van der Waals surface area contributed by atoms with Gasteiger partial charge in [-0.25, -0.2) is 4.98 Å². The topological polar surface area (TPSA) is 68.0 Å². The minimum absolute atomic E-state index is 0.128. The van der Waals surface area contributed by atoms with Crippen LogP contribution in [0.15, 0.2) is 12.1 Å². The highest BCUT2D eigenvalue weighted by atomic mass is 35.5. The number of carbonyl (C=O) groups excluding carboxylic acids is 1. The molecule has 18 heavy (non-hydrogen) atoms. The van der Waals surface area contributed by atoms with E-state index in [0.29, 0.717) is 11.5 Å². The minimum Gasteiger partial charge on any atom is -0.384 e. The molecule has 1 saturated carbocycles. The summed E-state index contributed by atoms with van der Waals surface area (Å²) >= 11 is 5.77. The highest BCUT2D eigenvalue weighted by Crippen LogP contribution is 2.22. The van der Waals surface area contributed by atoms with E-state index < -0.39 is 0 Å². The third kappa shape index (κ3) is 3.60. The molecular formula is C13H18ClN3O. The van der Waals surface area contributed by atoms with E-state index in [1.54, 1.807) is 6.07 Å². The van der Waals surface area contributed by atoms with Gasteiger partial charge in [-0.05, 0) is 30.9 Å². The van der Waals surface area contributed by atoms with Crippen molar-refractivity contribution in [2.24, 2.45) is 5.92 Å². The Morgan fingerprint density at radius 1 is 1.39 bits per heavy atom. The molecule has 1 aromatic rings. The predicted molar refractivity (Wildman–Crippen MR) is 72.6 cm³/mol. The summed E-state index contributed by atoms with van der Waals surface area (Å²) in [5.74, 6) is 0.749. The monoisotopic (exact) mass is 267 g/mol. The van der Waals surface area contributed by atoms with Crippen LogP contribution in [0.5, 0.6) is 0 Å². The number of aromatic nitrogens is 1. The maximum absolute atomic E-state index is 11.9. The number of carbonyl (C=O) groups is 1. The van der Waals surface area contributed by atoms with Crippen LogP contribution in [-0.2, 0) is 0 Å². The van der Waals surface area contributed by atoms with Crippen molar-refractivity contribution in [3.63, 3.8) is 0 Å². The fourth-order valence-corrected chi connectivity index (χ4v) is 2.59. The van der Waals surface area contributed by atoms with Crippen LogP contribution in [0.25, 0.3) is 0 Å². The van der Waals surface area contributed by atoms with Gasteiger partial charge in [-0.2, -0.15) is 0 Å². The maximum Gasteiger partial charge on any atom is 0.251 e. The molecule has 1 fully saturated rings. The van der Waals surface area contributed by atoms with Crippen LogP contribution in [0.3, 0.4) is 0 Å². The maximum atomic E-state index is 11.9. The Bertz CT molecular complexity index is 410. The second kappa shape index (κ2) is 6.05. The van der Waals surface area contributed by atoms with E-state index in [1.807, 2.05) is 0 Å². The summed E-state index contributed by atoms with van der Waals surface area (Å²) in [6.07, 6.45) is 6.28. The van der Waals surface area contributed by atoms with E-state index in [2.05, 4.69) is 10.3 Å². The number of pyridine rings is 1. The molecular weight excluding hydrogens is 250 g/mol. The fraction of sp³-hybridized carbons (Fsp3) is 0.538. The predicted octanol–water partition coefficient (Wildman–Crippen LogP) is 2.63. The molecule has 0 spiro atoms. The second-order valence-electron chi connectivity index (χ2n) is 4.82. The third-order valence-electron chi connectivity index (χ3n) is 3.35. The summed E-state index contributed by atoms with van der Waals surface area (Å²) in [5, 5.41) is 3.19. The van der Waals surface area contributed by atoms with Crippen molar-refractivity contribution < 1.29 is 4.79 Å². The summed E-state index contributed by atoms with van der Waals surface area (Å²) in [6, 6.07) is 3.08. The largest absolute Gasteiger partial charge is 0.384 e. The van der Waals surface area contributed by atoms with Gasteiger partial charge in [-0.15, -0.1) is 0 Å². The molecule has 0 aliphatic heterocycles. The molecule has 0 unspecified atom stereocenters. The first-order valence-electron chi connectivity index (χ1n) is 6.36. The van der Waals surface area contributed by atoms with Crippen molar-refractivity contribution >= 4 is 23.3 Å². The molecule has 0 radical (unpaired) electrons. The molecule has 2 rings (SSSR count). The number of anilines is 1. The molecule has 4 nitrogen and oxygen atoms in total. The lowest BCUT2D eigenvalue weighted by Crippen LogP contribution is -2.30. The van der Waals surface area contributed by atoms with E-state index in [9.17, 15) is 4.79 Å². The third-order valence-corrected chi connectivity index (χ3v) is 3.55. The Hall–Kier alpha value is -1.29. The van der Waals surface area contributed by atoms with Crippen LogP contribution >= 0.6 is 11.6 Å². The normalized spacial score (nSPS) is 16.5. The van der Waals surface area contributed by atoms with Crippen molar-refractivity contribution in [1.82, 2.24) is 10.3 Å².